The Labute approximate surface area is 171 Å². The van der Waals surface area contributed by atoms with Gasteiger partial charge in [0.15, 0.2) is 12.0 Å². The quantitative estimate of drug-likeness (QED) is 0.786. The fourth-order valence-corrected chi connectivity index (χ4v) is 5.19. The third-order valence-electron chi connectivity index (χ3n) is 4.68. The van der Waals surface area contributed by atoms with Gasteiger partial charge in [0, 0.05) is 30.9 Å². The molecule has 0 bridgehead atoms. The molecule has 1 aromatic carbocycles. The lowest BCUT2D eigenvalue weighted by Crippen LogP contribution is -2.38. The van der Waals surface area contributed by atoms with Crippen LogP contribution in [0.3, 0.4) is 0 Å². The van der Waals surface area contributed by atoms with E-state index in [1.165, 1.54) is 4.31 Å². The highest BCUT2D eigenvalue weighted by atomic mass is 35.5. The number of halogens is 1. The van der Waals surface area contributed by atoms with Crippen LogP contribution in [-0.4, -0.2) is 35.0 Å². The van der Waals surface area contributed by atoms with E-state index in [1.54, 1.807) is 18.3 Å². The minimum atomic E-state index is -3.82. The molecule has 154 valence electrons. The molecule has 3 heterocycles. The van der Waals surface area contributed by atoms with Gasteiger partial charge in [0.2, 0.25) is 10.0 Å². The molecule has 0 fully saturated rings. The van der Waals surface area contributed by atoms with Crippen molar-refractivity contribution in [3.05, 3.63) is 35.4 Å². The molecule has 0 aliphatic carbocycles. The molecule has 0 spiro atoms. The largest absolute Gasteiger partial charge is 0.467 e. The standard InChI is InChI=1S/C17H21ClN4O3S.C2H6/c1-17(2,3)16-20-12-5-4-11(18)15(14(12)25-16)26(23,24)22-9-8-21-7-6-19-13(21)10-22;1-2/h4-7,16,20H,8-10H2,1-3H3;1-2H3. The Kier molecular flexibility index (Phi) is 5.67. The summed E-state index contributed by atoms with van der Waals surface area (Å²) < 4.78 is 36.1. The lowest BCUT2D eigenvalue weighted by molar-refractivity contribution is 0.124. The van der Waals surface area contributed by atoms with Crippen molar-refractivity contribution in [2.75, 3.05) is 11.9 Å². The summed E-state index contributed by atoms with van der Waals surface area (Å²) in [7, 11) is -3.82. The third kappa shape index (κ3) is 3.60. The van der Waals surface area contributed by atoms with E-state index in [0.717, 1.165) is 5.82 Å². The van der Waals surface area contributed by atoms with Crippen molar-refractivity contribution in [3.8, 4) is 5.75 Å². The van der Waals surface area contributed by atoms with Crippen molar-refractivity contribution in [1.29, 1.82) is 0 Å². The number of nitrogens with one attached hydrogen (secondary N) is 1. The first-order valence-electron chi connectivity index (χ1n) is 9.44. The Balaban J connectivity index is 0.00000109. The molecule has 1 N–H and O–H groups in total. The van der Waals surface area contributed by atoms with Gasteiger partial charge in [0.25, 0.3) is 0 Å². The van der Waals surface area contributed by atoms with E-state index in [2.05, 4.69) is 10.3 Å². The molecule has 0 saturated heterocycles. The molecule has 2 aromatic rings. The summed E-state index contributed by atoms with van der Waals surface area (Å²) in [5.41, 5.74) is 0.439. The second-order valence-electron chi connectivity index (χ2n) is 7.64. The van der Waals surface area contributed by atoms with Crippen molar-refractivity contribution in [1.82, 2.24) is 13.9 Å². The van der Waals surface area contributed by atoms with Gasteiger partial charge in [0.1, 0.15) is 10.7 Å². The van der Waals surface area contributed by atoms with Gasteiger partial charge in [-0.2, -0.15) is 4.31 Å². The second kappa shape index (κ2) is 7.57. The molecule has 0 saturated carbocycles. The normalized spacial score (nSPS) is 19.0. The summed E-state index contributed by atoms with van der Waals surface area (Å²) in [6, 6.07) is 3.35. The van der Waals surface area contributed by atoms with Crippen molar-refractivity contribution in [2.45, 2.75) is 58.8 Å². The summed E-state index contributed by atoms with van der Waals surface area (Å²) >= 11 is 6.32. The van der Waals surface area contributed by atoms with E-state index in [9.17, 15) is 8.42 Å². The van der Waals surface area contributed by atoms with Crippen molar-refractivity contribution in [3.63, 3.8) is 0 Å². The van der Waals surface area contributed by atoms with Crippen LogP contribution in [0.25, 0.3) is 0 Å². The van der Waals surface area contributed by atoms with E-state index in [0.29, 0.717) is 24.5 Å². The first kappa shape index (κ1) is 21.0. The summed E-state index contributed by atoms with van der Waals surface area (Å²) in [6.07, 6.45) is 3.21. The van der Waals surface area contributed by atoms with E-state index < -0.39 is 10.0 Å². The lowest BCUT2D eigenvalue weighted by Gasteiger charge is -2.28. The highest BCUT2D eigenvalue weighted by molar-refractivity contribution is 7.89. The molecule has 2 aliphatic heterocycles. The van der Waals surface area contributed by atoms with Crippen molar-refractivity contribution < 1.29 is 13.2 Å². The van der Waals surface area contributed by atoms with Gasteiger partial charge < -0.3 is 14.6 Å². The number of imidazole rings is 1. The van der Waals surface area contributed by atoms with E-state index in [-0.39, 0.29) is 28.1 Å². The zero-order valence-corrected chi connectivity index (χ0v) is 18.4. The van der Waals surface area contributed by atoms with Gasteiger partial charge >= 0.3 is 0 Å². The molecule has 0 amide bonds. The minimum Gasteiger partial charge on any atom is -0.467 e. The van der Waals surface area contributed by atoms with Crippen LogP contribution >= 0.6 is 11.6 Å². The SMILES string of the molecule is CC.CC(C)(C)C1Nc2ccc(Cl)c(S(=O)(=O)N3CCn4ccnc4C3)c2O1. The van der Waals surface area contributed by atoms with Crippen LogP contribution in [0.4, 0.5) is 5.69 Å². The number of benzene rings is 1. The Bertz CT molecular complexity index is 966. The molecule has 2 aliphatic rings. The molecule has 28 heavy (non-hydrogen) atoms. The third-order valence-corrected chi connectivity index (χ3v) is 7.02. The number of hydrogen-bond donors (Lipinski definition) is 1. The number of aromatic nitrogens is 2. The second-order valence-corrected chi connectivity index (χ2v) is 9.92. The van der Waals surface area contributed by atoms with E-state index in [4.69, 9.17) is 16.3 Å². The van der Waals surface area contributed by atoms with Crippen molar-refractivity contribution >= 4 is 27.3 Å². The molecule has 4 rings (SSSR count). The van der Waals surface area contributed by atoms with Crippen LogP contribution in [-0.2, 0) is 23.1 Å². The maximum Gasteiger partial charge on any atom is 0.248 e. The summed E-state index contributed by atoms with van der Waals surface area (Å²) in [4.78, 5) is 4.26. The molecule has 1 unspecified atom stereocenters. The topological polar surface area (TPSA) is 76.5 Å². The number of fused-ring (bicyclic) bond motifs is 2. The van der Waals surface area contributed by atoms with Crippen LogP contribution < -0.4 is 10.1 Å². The number of ether oxygens (including phenoxy) is 1. The van der Waals surface area contributed by atoms with Gasteiger partial charge in [-0.1, -0.05) is 46.2 Å². The predicted molar refractivity (Wildman–Crippen MR) is 110 cm³/mol. The molecular formula is C19H27ClN4O3S. The molecular weight excluding hydrogens is 400 g/mol. The monoisotopic (exact) mass is 426 g/mol. The Morgan fingerprint density at radius 1 is 1.25 bits per heavy atom. The number of rotatable bonds is 2. The van der Waals surface area contributed by atoms with Crippen LogP contribution in [0.2, 0.25) is 5.02 Å². The maximum absolute atomic E-state index is 13.4. The van der Waals surface area contributed by atoms with Crippen LogP contribution in [0, 0.1) is 5.41 Å². The highest BCUT2D eigenvalue weighted by Crippen LogP contribution is 2.46. The van der Waals surface area contributed by atoms with Crippen molar-refractivity contribution in [2.24, 2.45) is 5.41 Å². The Hall–Kier alpha value is -1.77. The fourth-order valence-electron chi connectivity index (χ4n) is 3.18. The number of hydrogen-bond acceptors (Lipinski definition) is 5. The van der Waals surface area contributed by atoms with E-state index >= 15 is 0 Å². The van der Waals surface area contributed by atoms with Gasteiger partial charge in [-0.25, -0.2) is 13.4 Å². The maximum atomic E-state index is 13.4. The molecule has 7 nitrogen and oxygen atoms in total. The molecule has 0 radical (unpaired) electrons. The number of sulfonamides is 1. The van der Waals surface area contributed by atoms with Gasteiger partial charge in [-0.05, 0) is 12.1 Å². The zero-order valence-electron chi connectivity index (χ0n) is 16.9. The van der Waals surface area contributed by atoms with Crippen LogP contribution in [0.5, 0.6) is 5.75 Å². The first-order chi connectivity index (χ1) is 13.2. The smallest absolute Gasteiger partial charge is 0.248 e. The van der Waals surface area contributed by atoms with Gasteiger partial charge in [-0.15, -0.1) is 0 Å². The Morgan fingerprint density at radius 3 is 2.64 bits per heavy atom. The van der Waals surface area contributed by atoms with E-state index in [1.807, 2.05) is 45.4 Å². The highest BCUT2D eigenvalue weighted by Gasteiger charge is 2.40. The predicted octanol–water partition coefficient (Wildman–Crippen LogP) is 3.94. The summed E-state index contributed by atoms with van der Waals surface area (Å²) in [5.74, 6) is 1.02. The average Bonchev–Trinajstić information content (AvgIpc) is 3.28. The lowest BCUT2D eigenvalue weighted by atomic mass is 9.94. The average molecular weight is 427 g/mol. The summed E-state index contributed by atoms with van der Waals surface area (Å²) in [5, 5.41) is 3.41. The number of nitrogens with zero attached hydrogens (tertiary/aromatic N) is 3. The van der Waals surface area contributed by atoms with Crippen LogP contribution in [0.1, 0.15) is 40.4 Å². The molecule has 1 aromatic heterocycles. The zero-order chi connectivity index (χ0) is 20.7. The Morgan fingerprint density at radius 2 is 1.96 bits per heavy atom. The first-order valence-corrected chi connectivity index (χ1v) is 11.3. The fraction of sp³-hybridized carbons (Fsp3) is 0.526. The number of anilines is 1. The van der Waals surface area contributed by atoms with Crippen LogP contribution in [0.15, 0.2) is 29.4 Å². The van der Waals surface area contributed by atoms with Gasteiger partial charge in [-0.3, -0.25) is 0 Å². The minimum absolute atomic E-state index is 0.0240. The molecule has 1 atom stereocenters. The summed E-state index contributed by atoms with van der Waals surface area (Å²) in [6.45, 7) is 11.2. The van der Waals surface area contributed by atoms with Gasteiger partial charge in [0.05, 0.1) is 17.3 Å². The molecule has 9 heteroatoms.